The fourth-order valence-corrected chi connectivity index (χ4v) is 9.92. The van der Waals surface area contributed by atoms with Gasteiger partial charge in [-0.25, -0.2) is 9.67 Å². The van der Waals surface area contributed by atoms with Gasteiger partial charge in [0.15, 0.2) is 0 Å². The average molecular weight is 800 g/mol. The van der Waals surface area contributed by atoms with Crippen molar-refractivity contribution < 1.29 is 23.9 Å². The number of likely N-dealkylation sites (tertiary alicyclic amines) is 2. The average Bonchev–Trinajstić information content (AvgIpc) is 3.64. The molecule has 2 aromatic carbocycles. The number of fused-ring (bicyclic) bond motifs is 2. The highest BCUT2D eigenvalue weighted by Gasteiger charge is 2.42. The molecule has 1 saturated carbocycles. The summed E-state index contributed by atoms with van der Waals surface area (Å²) in [5.41, 5.74) is 9.23. The number of para-hydroxylation sites is 1. The van der Waals surface area contributed by atoms with E-state index in [-0.39, 0.29) is 29.7 Å². The van der Waals surface area contributed by atoms with E-state index in [1.807, 2.05) is 64.2 Å². The summed E-state index contributed by atoms with van der Waals surface area (Å²) in [4.78, 5) is 62.6. The second kappa shape index (κ2) is 16.5. The number of carbonyl (C=O) groups is 4. The maximum Gasteiger partial charge on any atom is 0.254 e. The van der Waals surface area contributed by atoms with Gasteiger partial charge in [0.25, 0.3) is 11.8 Å². The molecule has 4 N–H and O–H groups in total. The zero-order chi connectivity index (χ0) is 40.6. The normalized spacial score (nSPS) is 22.1. The van der Waals surface area contributed by atoms with Crippen molar-refractivity contribution in [2.24, 2.45) is 23.5 Å². The first kappa shape index (κ1) is 38.7. The number of amides is 4. The monoisotopic (exact) mass is 799 g/mol. The Morgan fingerprint density at radius 1 is 0.881 bits per heavy atom. The summed E-state index contributed by atoms with van der Waals surface area (Å²) in [5, 5.41) is 11.2. The molecule has 4 aliphatic heterocycles. The molecule has 2 aromatic heterocycles. The molecule has 0 bridgehead atoms. The first-order valence-corrected chi connectivity index (χ1v) is 21.3. The third kappa shape index (κ3) is 7.89. The largest absolute Gasteiger partial charge is 0.457 e. The molecule has 14 heteroatoms. The molecule has 308 valence electrons. The van der Waals surface area contributed by atoms with Crippen molar-refractivity contribution in [3.8, 4) is 22.8 Å². The number of piperidine rings is 2. The van der Waals surface area contributed by atoms with Crippen LogP contribution in [0.5, 0.6) is 11.5 Å². The van der Waals surface area contributed by atoms with Crippen LogP contribution in [0.3, 0.4) is 0 Å². The molecule has 6 heterocycles. The van der Waals surface area contributed by atoms with E-state index in [1.54, 1.807) is 12.3 Å². The Labute approximate surface area is 344 Å². The summed E-state index contributed by atoms with van der Waals surface area (Å²) in [6, 6.07) is 19.5. The van der Waals surface area contributed by atoms with Gasteiger partial charge in [-0.15, -0.1) is 0 Å². The first-order chi connectivity index (χ1) is 28.7. The highest BCUT2D eigenvalue weighted by atomic mass is 16.5. The van der Waals surface area contributed by atoms with E-state index < -0.39 is 5.91 Å². The Morgan fingerprint density at radius 2 is 1.59 bits per heavy atom. The van der Waals surface area contributed by atoms with Gasteiger partial charge in [0.05, 0.1) is 6.04 Å². The second-order valence-corrected chi connectivity index (χ2v) is 17.0. The van der Waals surface area contributed by atoms with Gasteiger partial charge in [-0.1, -0.05) is 18.2 Å². The molecule has 2 saturated heterocycles. The fraction of sp³-hybridized carbons (Fsp3) is 0.467. The zero-order valence-electron chi connectivity index (χ0n) is 33.6. The molecule has 59 heavy (non-hydrogen) atoms. The second-order valence-electron chi connectivity index (χ2n) is 17.0. The van der Waals surface area contributed by atoms with Crippen molar-refractivity contribution in [1.29, 1.82) is 0 Å². The number of benzene rings is 2. The highest BCUT2D eigenvalue weighted by Crippen LogP contribution is 2.41. The number of pyridine rings is 1. The fourth-order valence-electron chi connectivity index (χ4n) is 9.92. The van der Waals surface area contributed by atoms with Gasteiger partial charge in [-0.05, 0) is 113 Å². The number of carbonyl (C=O) groups excluding carboxylic acids is 4. The van der Waals surface area contributed by atoms with E-state index in [4.69, 9.17) is 15.6 Å². The van der Waals surface area contributed by atoms with Gasteiger partial charge in [0.1, 0.15) is 34.4 Å². The summed E-state index contributed by atoms with van der Waals surface area (Å²) >= 11 is 0. The lowest BCUT2D eigenvalue weighted by Crippen LogP contribution is -2.52. The van der Waals surface area contributed by atoms with Crippen molar-refractivity contribution in [3.05, 3.63) is 83.6 Å². The molecule has 0 spiro atoms. The Balaban J connectivity index is 0.749. The number of nitrogens with one attached hydrogen (secondary N) is 2. The SMILES string of the molecule is CN(CC1CCN(C(=O)c2ccnc3c2CCC(=O)N3)CC1)C1CC(C(=O)N2CCC(C3CCNc4c(C(N)=O)c(-c5ccc(Oc6ccccc6)cc5)nn43)CC2)C1. The highest BCUT2D eigenvalue weighted by molar-refractivity contribution is 6.04. The van der Waals surface area contributed by atoms with Crippen LogP contribution in [0.15, 0.2) is 66.9 Å². The summed E-state index contributed by atoms with van der Waals surface area (Å²) in [5.74, 6) is 3.26. The summed E-state index contributed by atoms with van der Waals surface area (Å²) in [6.07, 6.45) is 8.85. The maximum atomic E-state index is 13.7. The quantitative estimate of drug-likeness (QED) is 0.186. The van der Waals surface area contributed by atoms with Crippen LogP contribution in [0, 0.1) is 17.8 Å². The molecule has 0 radical (unpaired) electrons. The van der Waals surface area contributed by atoms with Crippen LogP contribution < -0.4 is 21.1 Å². The number of nitrogens with two attached hydrogens (primary N) is 1. The molecule has 4 aromatic rings. The Morgan fingerprint density at radius 3 is 2.32 bits per heavy atom. The van der Waals surface area contributed by atoms with Crippen LogP contribution in [0.25, 0.3) is 11.3 Å². The molecule has 1 unspecified atom stereocenters. The smallest absolute Gasteiger partial charge is 0.254 e. The summed E-state index contributed by atoms with van der Waals surface area (Å²) < 4.78 is 7.96. The standard InChI is InChI=1S/C45H53N9O5/c1-51(27-28-15-21-53(22-16-28)45(58)36-13-19-47-42-35(36)11-12-38(55)49-42)32-25-31(26-32)44(57)52-23-17-29(18-24-52)37-14-20-48-43-39(41(46)56)40(50-54(37)43)30-7-9-34(10-8-30)59-33-5-3-2-4-6-33/h2-10,13,19,28-29,31-32,37,48H,11-12,14-18,20-27H2,1H3,(H2,46,56)(H,47,49,55). The lowest BCUT2D eigenvalue weighted by Gasteiger charge is -2.45. The van der Waals surface area contributed by atoms with Crippen molar-refractivity contribution in [1.82, 2.24) is 29.5 Å². The number of aromatic nitrogens is 3. The Bertz CT molecular complexity index is 2200. The number of primary amides is 1. The van der Waals surface area contributed by atoms with Gasteiger partial charge in [-0.2, -0.15) is 5.10 Å². The number of ether oxygens (including phenoxy) is 1. The lowest BCUT2D eigenvalue weighted by atomic mass is 9.77. The zero-order valence-corrected chi connectivity index (χ0v) is 33.6. The molecule has 3 fully saturated rings. The summed E-state index contributed by atoms with van der Waals surface area (Å²) in [6.45, 7) is 4.58. The Hall–Kier alpha value is -5.76. The topological polar surface area (TPSA) is 168 Å². The van der Waals surface area contributed by atoms with E-state index in [1.165, 1.54) is 0 Å². The van der Waals surface area contributed by atoms with E-state index in [0.29, 0.717) is 78.0 Å². The van der Waals surface area contributed by atoms with Gasteiger partial charge < -0.3 is 35.8 Å². The number of hydrogen-bond acceptors (Lipinski definition) is 9. The van der Waals surface area contributed by atoms with E-state index in [0.717, 1.165) is 88.0 Å². The number of anilines is 2. The number of rotatable bonds is 10. The lowest BCUT2D eigenvalue weighted by molar-refractivity contribution is -0.142. The molecule has 4 amide bonds. The molecule has 1 atom stereocenters. The van der Waals surface area contributed by atoms with Gasteiger partial charge >= 0.3 is 0 Å². The van der Waals surface area contributed by atoms with Crippen molar-refractivity contribution >= 4 is 35.3 Å². The van der Waals surface area contributed by atoms with Crippen LogP contribution in [-0.4, -0.2) is 105 Å². The van der Waals surface area contributed by atoms with Crippen LogP contribution >= 0.6 is 0 Å². The minimum Gasteiger partial charge on any atom is -0.457 e. The summed E-state index contributed by atoms with van der Waals surface area (Å²) in [7, 11) is 2.18. The molecule has 9 rings (SSSR count). The Kier molecular flexibility index (Phi) is 10.8. The molecule has 14 nitrogen and oxygen atoms in total. The van der Waals surface area contributed by atoms with Crippen LogP contribution in [0.2, 0.25) is 0 Å². The van der Waals surface area contributed by atoms with Crippen molar-refractivity contribution in [2.75, 3.05) is 56.9 Å². The minimum atomic E-state index is -0.514. The number of nitrogens with zero attached hydrogens (tertiary/aromatic N) is 6. The van der Waals surface area contributed by atoms with Gasteiger partial charge in [0, 0.05) is 80.5 Å². The third-order valence-corrected chi connectivity index (χ3v) is 13.4. The molecular weight excluding hydrogens is 747 g/mol. The van der Waals surface area contributed by atoms with Gasteiger partial charge in [-0.3, -0.25) is 19.2 Å². The van der Waals surface area contributed by atoms with E-state index in [9.17, 15) is 19.2 Å². The van der Waals surface area contributed by atoms with Gasteiger partial charge in [0.2, 0.25) is 11.8 Å². The molecule has 5 aliphatic rings. The third-order valence-electron chi connectivity index (χ3n) is 13.4. The van der Waals surface area contributed by atoms with Crippen molar-refractivity contribution in [2.45, 2.75) is 69.9 Å². The first-order valence-electron chi connectivity index (χ1n) is 21.3. The van der Waals surface area contributed by atoms with E-state index >= 15 is 0 Å². The predicted molar refractivity (Wildman–Crippen MR) is 223 cm³/mol. The van der Waals surface area contributed by atoms with Crippen LogP contribution in [0.1, 0.15) is 83.7 Å². The number of hydrogen-bond donors (Lipinski definition) is 3. The van der Waals surface area contributed by atoms with Crippen molar-refractivity contribution in [3.63, 3.8) is 0 Å². The minimum absolute atomic E-state index is 0.0250. The van der Waals surface area contributed by atoms with Crippen LogP contribution in [-0.2, 0) is 16.0 Å². The van der Waals surface area contributed by atoms with Crippen LogP contribution in [0.4, 0.5) is 11.6 Å². The molecular formula is C45H53N9O5. The predicted octanol–water partition coefficient (Wildman–Crippen LogP) is 5.58. The maximum absolute atomic E-state index is 13.7. The molecule has 1 aliphatic carbocycles. The van der Waals surface area contributed by atoms with E-state index in [2.05, 4.69) is 32.5 Å².